The zero-order valence-corrected chi connectivity index (χ0v) is 13.1. The number of thioether (sulfide) groups is 1. The van der Waals surface area contributed by atoms with Gasteiger partial charge in [-0.1, -0.05) is 23.7 Å². The van der Waals surface area contributed by atoms with Crippen molar-refractivity contribution in [2.45, 2.75) is 30.9 Å². The molecule has 3 rings (SSSR count). The van der Waals surface area contributed by atoms with Crippen LogP contribution in [-0.2, 0) is 4.74 Å². The normalized spacial score (nSPS) is 31.6. The van der Waals surface area contributed by atoms with Gasteiger partial charge in [0, 0.05) is 23.4 Å². The number of hydrogen-bond donors (Lipinski definition) is 2. The minimum atomic E-state index is 0.0924. The maximum Gasteiger partial charge on any atom is 0.0783 e. The highest BCUT2D eigenvalue weighted by atomic mass is 35.5. The molecule has 0 bridgehead atoms. The first-order valence-electron chi connectivity index (χ1n) is 7.16. The predicted molar refractivity (Wildman–Crippen MR) is 84.9 cm³/mol. The van der Waals surface area contributed by atoms with E-state index in [-0.39, 0.29) is 11.6 Å². The molecule has 3 atom stereocenters. The molecule has 2 saturated heterocycles. The molecule has 3 unspecified atom stereocenters. The Morgan fingerprint density at radius 1 is 1.40 bits per heavy atom. The molecular formula is C15H21ClN2OS. The van der Waals surface area contributed by atoms with E-state index in [9.17, 15) is 0 Å². The van der Waals surface area contributed by atoms with E-state index in [1.807, 2.05) is 23.9 Å². The quantitative estimate of drug-likeness (QED) is 0.665. The molecule has 5 heteroatoms. The highest BCUT2D eigenvalue weighted by Gasteiger charge is 2.42. The number of hydrogen-bond acceptors (Lipinski definition) is 4. The van der Waals surface area contributed by atoms with Crippen molar-refractivity contribution in [1.29, 1.82) is 0 Å². The molecule has 1 aromatic rings. The lowest BCUT2D eigenvalue weighted by molar-refractivity contribution is -0.0854. The van der Waals surface area contributed by atoms with Crippen LogP contribution in [-0.4, -0.2) is 23.7 Å². The van der Waals surface area contributed by atoms with Gasteiger partial charge in [0.1, 0.15) is 0 Å². The van der Waals surface area contributed by atoms with E-state index in [2.05, 4.69) is 17.6 Å². The molecule has 2 aliphatic heterocycles. The fourth-order valence-electron chi connectivity index (χ4n) is 3.39. The average Bonchev–Trinajstić information content (AvgIpc) is 2.90. The van der Waals surface area contributed by atoms with E-state index in [1.54, 1.807) is 0 Å². The van der Waals surface area contributed by atoms with Crippen molar-refractivity contribution in [2.24, 2.45) is 11.8 Å². The van der Waals surface area contributed by atoms with E-state index in [1.165, 1.54) is 17.7 Å². The van der Waals surface area contributed by atoms with Crippen molar-refractivity contribution in [3.05, 3.63) is 34.9 Å². The number of rotatable bonds is 3. The van der Waals surface area contributed by atoms with Crippen molar-refractivity contribution in [3.8, 4) is 0 Å². The Bertz CT molecular complexity index is 448. The Morgan fingerprint density at radius 3 is 2.85 bits per heavy atom. The summed E-state index contributed by atoms with van der Waals surface area (Å²) < 4.78 is 6.10. The molecule has 3 N–H and O–H groups in total. The molecule has 0 aliphatic carbocycles. The third-order valence-electron chi connectivity index (χ3n) is 4.48. The van der Waals surface area contributed by atoms with Crippen LogP contribution in [0.4, 0.5) is 0 Å². The number of hydrazine groups is 1. The summed E-state index contributed by atoms with van der Waals surface area (Å²) in [4.78, 5) is 0. The van der Waals surface area contributed by atoms with Gasteiger partial charge in [0.2, 0.25) is 0 Å². The highest BCUT2D eigenvalue weighted by molar-refractivity contribution is 7.99. The number of nitrogens with two attached hydrogens (primary N) is 1. The minimum absolute atomic E-state index is 0.0924. The minimum Gasteiger partial charge on any atom is -0.374 e. The van der Waals surface area contributed by atoms with Crippen LogP contribution in [0.25, 0.3) is 0 Å². The Kier molecular flexibility index (Phi) is 4.58. The van der Waals surface area contributed by atoms with Gasteiger partial charge in [-0.15, -0.1) is 0 Å². The second kappa shape index (κ2) is 6.24. The molecule has 1 spiro atoms. The van der Waals surface area contributed by atoms with Gasteiger partial charge in [0.25, 0.3) is 0 Å². The largest absolute Gasteiger partial charge is 0.374 e. The Labute approximate surface area is 129 Å². The lowest BCUT2D eigenvalue weighted by Crippen LogP contribution is -2.45. The van der Waals surface area contributed by atoms with Crippen molar-refractivity contribution < 1.29 is 4.74 Å². The second-order valence-corrected chi connectivity index (χ2v) is 7.32. The smallest absolute Gasteiger partial charge is 0.0783 e. The SMILES string of the molecule is NNC(c1ccc(Cl)cc1)C1CCOC2(CCSC2)C1. The summed E-state index contributed by atoms with van der Waals surface area (Å²) >= 11 is 7.97. The van der Waals surface area contributed by atoms with Crippen molar-refractivity contribution in [3.63, 3.8) is 0 Å². The molecule has 2 heterocycles. The molecule has 0 radical (unpaired) electrons. The highest BCUT2D eigenvalue weighted by Crippen LogP contribution is 2.43. The van der Waals surface area contributed by atoms with Crippen LogP contribution >= 0.6 is 23.4 Å². The van der Waals surface area contributed by atoms with Crippen LogP contribution in [0.3, 0.4) is 0 Å². The number of nitrogens with one attached hydrogen (secondary N) is 1. The molecule has 2 fully saturated rings. The molecule has 0 amide bonds. The van der Waals surface area contributed by atoms with E-state index < -0.39 is 0 Å². The van der Waals surface area contributed by atoms with Gasteiger partial charge in [0.15, 0.2) is 0 Å². The molecule has 2 aliphatic rings. The van der Waals surface area contributed by atoms with E-state index in [0.717, 1.165) is 30.2 Å². The maximum absolute atomic E-state index is 6.10. The summed E-state index contributed by atoms with van der Waals surface area (Å²) in [5.74, 6) is 8.70. The summed E-state index contributed by atoms with van der Waals surface area (Å²) in [5.41, 5.74) is 4.31. The zero-order valence-electron chi connectivity index (χ0n) is 11.5. The summed E-state index contributed by atoms with van der Waals surface area (Å²) in [6, 6.07) is 8.18. The third-order valence-corrected chi connectivity index (χ3v) is 5.95. The number of benzene rings is 1. The molecule has 20 heavy (non-hydrogen) atoms. The Hall–Kier alpha value is -0.260. The van der Waals surface area contributed by atoms with Crippen LogP contribution in [0, 0.1) is 5.92 Å². The second-order valence-electron chi connectivity index (χ2n) is 5.78. The molecule has 110 valence electrons. The zero-order chi connectivity index (χ0) is 14.0. The van der Waals surface area contributed by atoms with Crippen LogP contribution in [0.5, 0.6) is 0 Å². The van der Waals surface area contributed by atoms with Crippen LogP contribution in [0.2, 0.25) is 5.02 Å². The number of halogens is 1. The summed E-state index contributed by atoms with van der Waals surface area (Å²) in [5, 5.41) is 0.764. The third kappa shape index (κ3) is 3.00. The first kappa shape index (κ1) is 14.7. The van der Waals surface area contributed by atoms with E-state index in [0.29, 0.717) is 5.92 Å². The molecule has 0 saturated carbocycles. The maximum atomic E-state index is 6.10. The molecule has 0 aromatic heterocycles. The first-order valence-corrected chi connectivity index (χ1v) is 8.69. The summed E-state index contributed by atoms with van der Waals surface area (Å²) in [7, 11) is 0. The predicted octanol–water partition coefficient (Wildman–Crippen LogP) is 3.15. The van der Waals surface area contributed by atoms with Crippen molar-refractivity contribution >= 4 is 23.4 Å². The monoisotopic (exact) mass is 312 g/mol. The van der Waals surface area contributed by atoms with E-state index in [4.69, 9.17) is 22.2 Å². The van der Waals surface area contributed by atoms with Crippen molar-refractivity contribution in [2.75, 3.05) is 18.1 Å². The Morgan fingerprint density at radius 2 is 2.20 bits per heavy atom. The standard InChI is InChI=1S/C15H21ClN2OS/c16-13-3-1-11(2-4-13)14(18-17)12-5-7-19-15(9-12)6-8-20-10-15/h1-4,12,14,18H,5-10,17H2. The van der Waals surface area contributed by atoms with Gasteiger partial charge in [0.05, 0.1) is 5.60 Å². The molecular weight excluding hydrogens is 292 g/mol. The van der Waals surface area contributed by atoms with Crippen LogP contribution in [0.15, 0.2) is 24.3 Å². The average molecular weight is 313 g/mol. The molecule has 3 nitrogen and oxygen atoms in total. The van der Waals surface area contributed by atoms with Crippen molar-refractivity contribution in [1.82, 2.24) is 5.43 Å². The summed E-state index contributed by atoms with van der Waals surface area (Å²) in [6.45, 7) is 0.844. The van der Waals surface area contributed by atoms with E-state index >= 15 is 0 Å². The summed E-state index contributed by atoms with van der Waals surface area (Å²) in [6.07, 6.45) is 3.33. The molecule has 1 aromatic carbocycles. The van der Waals surface area contributed by atoms with Gasteiger partial charge >= 0.3 is 0 Å². The van der Waals surface area contributed by atoms with Crippen LogP contribution in [0.1, 0.15) is 30.9 Å². The van der Waals surface area contributed by atoms with Gasteiger partial charge < -0.3 is 4.74 Å². The Balaban J connectivity index is 1.76. The lowest BCUT2D eigenvalue weighted by Gasteiger charge is -2.40. The lowest BCUT2D eigenvalue weighted by atomic mass is 9.79. The van der Waals surface area contributed by atoms with Gasteiger partial charge in [-0.05, 0) is 48.6 Å². The van der Waals surface area contributed by atoms with Crippen LogP contribution < -0.4 is 11.3 Å². The first-order chi connectivity index (χ1) is 9.72. The number of ether oxygens (including phenoxy) is 1. The van der Waals surface area contributed by atoms with Gasteiger partial charge in [-0.25, -0.2) is 0 Å². The van der Waals surface area contributed by atoms with Gasteiger partial charge in [-0.3, -0.25) is 11.3 Å². The fourth-order valence-corrected chi connectivity index (χ4v) is 4.89. The topological polar surface area (TPSA) is 47.3 Å². The van der Waals surface area contributed by atoms with Gasteiger partial charge in [-0.2, -0.15) is 11.8 Å². The fraction of sp³-hybridized carbons (Fsp3) is 0.600.